The predicted molar refractivity (Wildman–Crippen MR) is 66.1 cm³/mol. The number of carbonyl (C=O) groups is 2. The fourth-order valence-corrected chi connectivity index (χ4v) is 2.80. The van der Waals surface area contributed by atoms with Crippen molar-refractivity contribution >= 4 is 22.0 Å². The van der Waals surface area contributed by atoms with Crippen LogP contribution in [0.25, 0.3) is 0 Å². The molecule has 0 radical (unpaired) electrons. The zero-order valence-electron chi connectivity index (χ0n) is 10.3. The lowest BCUT2D eigenvalue weighted by atomic mass is 10.2. The summed E-state index contributed by atoms with van der Waals surface area (Å²) in [6, 6.07) is -0.446. The van der Waals surface area contributed by atoms with Crippen LogP contribution < -0.4 is 15.8 Å². The van der Waals surface area contributed by atoms with Gasteiger partial charge in [-0.3, -0.25) is 14.9 Å². The lowest BCUT2D eigenvalue weighted by Gasteiger charge is -2.35. The molecule has 1 unspecified atom stereocenters. The van der Waals surface area contributed by atoms with Gasteiger partial charge in [-0.15, -0.1) is 0 Å². The Morgan fingerprint density at radius 2 is 1.89 bits per heavy atom. The molecule has 19 heavy (non-hydrogen) atoms. The highest BCUT2D eigenvalue weighted by molar-refractivity contribution is 7.86. The molecule has 2 aliphatic rings. The van der Waals surface area contributed by atoms with Crippen LogP contribution in [0.5, 0.6) is 0 Å². The van der Waals surface area contributed by atoms with Crippen LogP contribution in [-0.2, 0) is 19.8 Å². The van der Waals surface area contributed by atoms with Gasteiger partial charge in [-0.2, -0.15) is 12.7 Å². The van der Waals surface area contributed by atoms with Crippen molar-refractivity contribution in [3.05, 3.63) is 0 Å². The molecule has 1 atom stereocenters. The standard InChI is InChI=1S/C9H17N5O4S/c10-19(17,18)14-3-1-13(2-4-14)9(16)7-5-12-8(15)6-11-7/h7,11H,1-6H2,(H,12,15)(H2,10,17,18). The van der Waals surface area contributed by atoms with Crippen molar-refractivity contribution in [2.45, 2.75) is 6.04 Å². The van der Waals surface area contributed by atoms with Crippen LogP contribution in [0, 0.1) is 0 Å². The number of amides is 2. The summed E-state index contributed by atoms with van der Waals surface area (Å²) in [6.45, 7) is 1.39. The molecule has 0 aromatic heterocycles. The third kappa shape index (κ3) is 3.41. The van der Waals surface area contributed by atoms with Crippen molar-refractivity contribution in [1.29, 1.82) is 0 Å². The number of piperazine rings is 2. The highest BCUT2D eigenvalue weighted by Crippen LogP contribution is 2.06. The molecule has 0 bridgehead atoms. The van der Waals surface area contributed by atoms with E-state index in [-0.39, 0.29) is 38.0 Å². The van der Waals surface area contributed by atoms with Crippen LogP contribution in [0.2, 0.25) is 0 Å². The van der Waals surface area contributed by atoms with Crippen LogP contribution in [0.4, 0.5) is 0 Å². The Kier molecular flexibility index (Phi) is 4.04. The number of rotatable bonds is 2. The lowest BCUT2D eigenvalue weighted by molar-refractivity contribution is -0.136. The SMILES string of the molecule is NS(=O)(=O)N1CCN(C(=O)C2CNC(=O)CN2)CC1. The van der Waals surface area contributed by atoms with Gasteiger partial charge >= 0.3 is 0 Å². The predicted octanol–water partition coefficient (Wildman–Crippen LogP) is -3.58. The molecule has 2 heterocycles. The number of nitrogens with two attached hydrogens (primary N) is 1. The number of hydrogen-bond acceptors (Lipinski definition) is 5. The Labute approximate surface area is 111 Å². The Morgan fingerprint density at radius 3 is 2.37 bits per heavy atom. The maximum atomic E-state index is 12.1. The van der Waals surface area contributed by atoms with Gasteiger partial charge in [0.1, 0.15) is 6.04 Å². The van der Waals surface area contributed by atoms with Crippen molar-refractivity contribution in [3.63, 3.8) is 0 Å². The molecule has 0 aromatic carbocycles. The molecule has 0 aliphatic carbocycles. The van der Waals surface area contributed by atoms with E-state index in [4.69, 9.17) is 5.14 Å². The van der Waals surface area contributed by atoms with Gasteiger partial charge in [0, 0.05) is 32.7 Å². The summed E-state index contributed by atoms with van der Waals surface area (Å²) in [5.41, 5.74) is 0. The summed E-state index contributed by atoms with van der Waals surface area (Å²) in [6.07, 6.45) is 0. The maximum Gasteiger partial charge on any atom is 0.277 e. The smallest absolute Gasteiger partial charge is 0.277 e. The summed E-state index contributed by atoms with van der Waals surface area (Å²) in [4.78, 5) is 24.7. The van der Waals surface area contributed by atoms with Crippen molar-refractivity contribution in [1.82, 2.24) is 19.8 Å². The molecule has 9 nitrogen and oxygen atoms in total. The van der Waals surface area contributed by atoms with Crippen LogP contribution in [-0.4, -0.2) is 74.7 Å². The number of nitrogens with zero attached hydrogens (tertiary/aromatic N) is 2. The second-order valence-electron chi connectivity index (χ2n) is 4.51. The van der Waals surface area contributed by atoms with E-state index in [0.717, 1.165) is 4.31 Å². The van der Waals surface area contributed by atoms with Gasteiger partial charge in [0.15, 0.2) is 0 Å². The van der Waals surface area contributed by atoms with Crippen molar-refractivity contribution in [3.8, 4) is 0 Å². The third-order valence-corrected chi connectivity index (χ3v) is 4.31. The van der Waals surface area contributed by atoms with Gasteiger partial charge in [-0.05, 0) is 0 Å². The van der Waals surface area contributed by atoms with E-state index in [0.29, 0.717) is 13.1 Å². The van der Waals surface area contributed by atoms with Gasteiger partial charge in [-0.1, -0.05) is 0 Å². The molecule has 2 rings (SSSR count). The molecule has 4 N–H and O–H groups in total. The van der Waals surface area contributed by atoms with Crippen LogP contribution in [0.15, 0.2) is 0 Å². The quantitative estimate of drug-likeness (QED) is 0.485. The first kappa shape index (κ1) is 14.2. The molecule has 108 valence electrons. The minimum Gasteiger partial charge on any atom is -0.353 e. The first-order valence-electron chi connectivity index (χ1n) is 5.94. The average molecular weight is 291 g/mol. The molecule has 0 saturated carbocycles. The second kappa shape index (κ2) is 5.41. The van der Waals surface area contributed by atoms with E-state index in [1.165, 1.54) is 0 Å². The van der Waals surface area contributed by atoms with Gasteiger partial charge in [0.25, 0.3) is 10.2 Å². The molecular formula is C9H17N5O4S. The van der Waals surface area contributed by atoms with Crippen molar-refractivity contribution < 1.29 is 18.0 Å². The highest BCUT2D eigenvalue weighted by atomic mass is 32.2. The maximum absolute atomic E-state index is 12.1. The van der Waals surface area contributed by atoms with E-state index < -0.39 is 16.3 Å². The minimum absolute atomic E-state index is 0.119. The van der Waals surface area contributed by atoms with Crippen LogP contribution >= 0.6 is 0 Å². The van der Waals surface area contributed by atoms with E-state index in [1.807, 2.05) is 0 Å². The fraction of sp³-hybridized carbons (Fsp3) is 0.778. The first-order valence-corrected chi connectivity index (χ1v) is 7.45. The molecule has 2 amide bonds. The molecule has 0 spiro atoms. The van der Waals surface area contributed by atoms with Crippen molar-refractivity contribution in [2.24, 2.45) is 5.14 Å². The summed E-state index contributed by atoms with van der Waals surface area (Å²) < 4.78 is 23.4. The Bertz CT molecular complexity index is 461. The fourth-order valence-electron chi connectivity index (χ4n) is 2.12. The summed E-state index contributed by atoms with van der Waals surface area (Å²) >= 11 is 0. The molecule has 2 fully saturated rings. The topological polar surface area (TPSA) is 125 Å². The summed E-state index contributed by atoms with van der Waals surface area (Å²) in [7, 11) is -3.68. The Hall–Kier alpha value is -1.23. The zero-order valence-corrected chi connectivity index (χ0v) is 11.1. The number of hydrogen-bond donors (Lipinski definition) is 3. The Morgan fingerprint density at radius 1 is 1.26 bits per heavy atom. The highest BCUT2D eigenvalue weighted by Gasteiger charge is 2.31. The third-order valence-electron chi connectivity index (χ3n) is 3.22. The van der Waals surface area contributed by atoms with E-state index >= 15 is 0 Å². The molecular weight excluding hydrogens is 274 g/mol. The van der Waals surface area contributed by atoms with Gasteiger partial charge in [-0.25, -0.2) is 5.14 Å². The number of carbonyl (C=O) groups excluding carboxylic acids is 2. The largest absolute Gasteiger partial charge is 0.353 e. The molecule has 10 heteroatoms. The Balaban J connectivity index is 1.87. The lowest BCUT2D eigenvalue weighted by Crippen LogP contribution is -2.61. The zero-order chi connectivity index (χ0) is 14.0. The van der Waals surface area contributed by atoms with E-state index in [1.54, 1.807) is 4.90 Å². The first-order chi connectivity index (χ1) is 8.88. The van der Waals surface area contributed by atoms with E-state index in [9.17, 15) is 18.0 Å². The van der Waals surface area contributed by atoms with Gasteiger partial charge < -0.3 is 10.2 Å². The van der Waals surface area contributed by atoms with Crippen LogP contribution in [0.1, 0.15) is 0 Å². The number of nitrogens with one attached hydrogen (secondary N) is 2. The monoisotopic (exact) mass is 291 g/mol. The van der Waals surface area contributed by atoms with Crippen LogP contribution in [0.3, 0.4) is 0 Å². The second-order valence-corrected chi connectivity index (χ2v) is 6.05. The molecule has 2 aliphatic heterocycles. The average Bonchev–Trinajstić information content (AvgIpc) is 2.38. The molecule has 2 saturated heterocycles. The summed E-state index contributed by atoms with van der Waals surface area (Å²) in [5.74, 6) is -0.267. The molecule has 0 aromatic rings. The van der Waals surface area contributed by atoms with E-state index in [2.05, 4.69) is 10.6 Å². The van der Waals surface area contributed by atoms with Gasteiger partial charge in [0.05, 0.1) is 6.54 Å². The summed E-state index contributed by atoms with van der Waals surface area (Å²) in [5, 5.41) is 10.5. The minimum atomic E-state index is -3.68. The normalized spacial score (nSPS) is 26.1. The van der Waals surface area contributed by atoms with Gasteiger partial charge in [0.2, 0.25) is 11.8 Å². The van der Waals surface area contributed by atoms with Crippen molar-refractivity contribution in [2.75, 3.05) is 39.3 Å².